The molecule has 1 aliphatic heterocycles. The molecule has 0 radical (unpaired) electrons. The van der Waals surface area contributed by atoms with Gasteiger partial charge in [-0.1, -0.05) is 0 Å². The first-order valence-corrected chi connectivity index (χ1v) is 11.1. The normalized spacial score (nSPS) is 14.8. The Morgan fingerprint density at radius 3 is 2.55 bits per heavy atom. The zero-order valence-corrected chi connectivity index (χ0v) is 19.2. The Kier molecular flexibility index (Phi) is 6.84. The average molecular weight is 451 g/mol. The van der Waals surface area contributed by atoms with Crippen molar-refractivity contribution in [3.05, 3.63) is 48.2 Å². The first-order chi connectivity index (χ1) is 16.0. The number of methoxy groups -OCH3 is 2. The predicted octanol–water partition coefficient (Wildman–Crippen LogP) is 3.96. The number of aromatic amines is 1. The number of likely N-dealkylation sites (tertiary alicyclic amines) is 1. The van der Waals surface area contributed by atoms with Gasteiger partial charge in [-0.2, -0.15) is 0 Å². The van der Waals surface area contributed by atoms with Crippen LogP contribution in [0.1, 0.15) is 31.2 Å². The Morgan fingerprint density at radius 2 is 1.85 bits per heavy atom. The van der Waals surface area contributed by atoms with Gasteiger partial charge in [0.1, 0.15) is 11.5 Å². The van der Waals surface area contributed by atoms with E-state index in [4.69, 9.17) is 9.47 Å². The van der Waals surface area contributed by atoms with Gasteiger partial charge in [0.25, 0.3) is 0 Å². The summed E-state index contributed by atoms with van der Waals surface area (Å²) in [6.45, 7) is 3.44. The number of nitrogens with zero attached hydrogens (tertiary/aromatic N) is 1. The van der Waals surface area contributed by atoms with Crippen molar-refractivity contribution in [2.24, 2.45) is 0 Å². The number of nitrogens with one attached hydrogen (secondary N) is 3. The molecule has 0 atom stereocenters. The molecule has 4 rings (SSSR count). The summed E-state index contributed by atoms with van der Waals surface area (Å²) < 4.78 is 10.7. The van der Waals surface area contributed by atoms with Crippen LogP contribution in [-0.2, 0) is 9.59 Å². The molecule has 1 fully saturated rings. The lowest BCUT2D eigenvalue weighted by molar-refractivity contribution is -0.117. The smallest absolute Gasteiger partial charge is 0.238 e. The fourth-order valence-electron chi connectivity index (χ4n) is 4.47. The van der Waals surface area contributed by atoms with Crippen molar-refractivity contribution < 1.29 is 19.1 Å². The molecule has 2 heterocycles. The molecule has 2 aromatic carbocycles. The number of aromatic nitrogens is 1. The second-order valence-corrected chi connectivity index (χ2v) is 8.35. The molecule has 0 spiro atoms. The molecule has 8 heteroatoms. The van der Waals surface area contributed by atoms with Crippen LogP contribution in [0, 0.1) is 0 Å². The fourth-order valence-corrected chi connectivity index (χ4v) is 4.47. The van der Waals surface area contributed by atoms with Crippen LogP contribution in [0.25, 0.3) is 10.9 Å². The molecule has 0 saturated carbocycles. The van der Waals surface area contributed by atoms with Gasteiger partial charge in [-0.05, 0) is 73.8 Å². The van der Waals surface area contributed by atoms with E-state index in [2.05, 4.69) is 32.8 Å². The highest BCUT2D eigenvalue weighted by atomic mass is 16.5. The van der Waals surface area contributed by atoms with Crippen LogP contribution >= 0.6 is 0 Å². The van der Waals surface area contributed by atoms with Crippen LogP contribution in [0.5, 0.6) is 11.5 Å². The highest BCUT2D eigenvalue weighted by Gasteiger charge is 2.24. The summed E-state index contributed by atoms with van der Waals surface area (Å²) in [7, 11) is 3.23. The van der Waals surface area contributed by atoms with E-state index in [0.717, 1.165) is 37.2 Å². The minimum Gasteiger partial charge on any atom is -0.497 e. The van der Waals surface area contributed by atoms with Gasteiger partial charge in [0, 0.05) is 29.7 Å². The zero-order chi connectivity index (χ0) is 23.4. The van der Waals surface area contributed by atoms with Gasteiger partial charge in [0.2, 0.25) is 11.8 Å². The van der Waals surface area contributed by atoms with E-state index in [1.807, 2.05) is 12.1 Å². The third kappa shape index (κ3) is 5.28. The maximum Gasteiger partial charge on any atom is 0.238 e. The fraction of sp³-hybridized carbons (Fsp3) is 0.360. The van der Waals surface area contributed by atoms with E-state index in [9.17, 15) is 9.59 Å². The Hall–Kier alpha value is -3.52. The number of anilines is 2. The molecular formula is C25H30N4O4. The summed E-state index contributed by atoms with van der Waals surface area (Å²) in [5.41, 5.74) is 3.57. The van der Waals surface area contributed by atoms with Crippen molar-refractivity contribution in [2.75, 3.05) is 44.5 Å². The topological polar surface area (TPSA) is 95.7 Å². The highest BCUT2D eigenvalue weighted by Crippen LogP contribution is 2.35. The lowest BCUT2D eigenvalue weighted by Crippen LogP contribution is -2.38. The minimum absolute atomic E-state index is 0.108. The summed E-state index contributed by atoms with van der Waals surface area (Å²) in [5.74, 6) is 1.57. The SMILES string of the molecule is COc1ccc2[nH]cc(C3CCN(CC(=O)Nc4cc(NC(C)=O)ccc4OC)CC3)c2c1. The molecule has 174 valence electrons. The zero-order valence-electron chi connectivity index (χ0n) is 19.2. The van der Waals surface area contributed by atoms with Crippen molar-refractivity contribution >= 4 is 34.1 Å². The van der Waals surface area contributed by atoms with Crippen LogP contribution in [0.4, 0.5) is 11.4 Å². The van der Waals surface area contributed by atoms with Gasteiger partial charge in [0.05, 0.1) is 26.5 Å². The lowest BCUT2D eigenvalue weighted by Gasteiger charge is -2.31. The number of H-pyrrole nitrogens is 1. The van der Waals surface area contributed by atoms with E-state index in [1.54, 1.807) is 32.4 Å². The molecular weight excluding hydrogens is 420 g/mol. The number of ether oxygens (including phenoxy) is 2. The van der Waals surface area contributed by atoms with Crippen LogP contribution in [0.3, 0.4) is 0 Å². The molecule has 3 N–H and O–H groups in total. The van der Waals surface area contributed by atoms with E-state index in [1.165, 1.54) is 17.9 Å². The Morgan fingerprint density at radius 1 is 1.06 bits per heavy atom. The Labute approximate surface area is 193 Å². The molecule has 0 unspecified atom stereocenters. The third-order valence-electron chi connectivity index (χ3n) is 6.11. The van der Waals surface area contributed by atoms with Gasteiger partial charge in [-0.15, -0.1) is 0 Å². The number of carbonyl (C=O) groups excluding carboxylic acids is 2. The number of hydrogen-bond donors (Lipinski definition) is 3. The van der Waals surface area contributed by atoms with Crippen molar-refractivity contribution in [1.82, 2.24) is 9.88 Å². The van der Waals surface area contributed by atoms with Crippen LogP contribution in [0.2, 0.25) is 0 Å². The summed E-state index contributed by atoms with van der Waals surface area (Å²) in [4.78, 5) is 29.6. The predicted molar refractivity (Wildman–Crippen MR) is 129 cm³/mol. The van der Waals surface area contributed by atoms with Crippen LogP contribution in [0.15, 0.2) is 42.6 Å². The number of amides is 2. The minimum atomic E-state index is -0.172. The summed E-state index contributed by atoms with van der Waals surface area (Å²) >= 11 is 0. The maximum absolute atomic E-state index is 12.7. The second-order valence-electron chi connectivity index (χ2n) is 8.35. The summed E-state index contributed by atoms with van der Waals surface area (Å²) in [5, 5.41) is 6.85. The van der Waals surface area contributed by atoms with Gasteiger partial charge < -0.3 is 25.1 Å². The van der Waals surface area contributed by atoms with E-state index >= 15 is 0 Å². The second kappa shape index (κ2) is 9.95. The molecule has 2 amide bonds. The van der Waals surface area contributed by atoms with Crippen molar-refractivity contribution in [3.8, 4) is 11.5 Å². The first kappa shape index (κ1) is 22.7. The number of carbonyl (C=O) groups is 2. The van der Waals surface area contributed by atoms with Crippen molar-refractivity contribution in [3.63, 3.8) is 0 Å². The molecule has 33 heavy (non-hydrogen) atoms. The molecule has 1 saturated heterocycles. The quantitative estimate of drug-likeness (QED) is 0.506. The number of piperidine rings is 1. The van der Waals surface area contributed by atoms with Gasteiger partial charge in [-0.25, -0.2) is 0 Å². The Bertz CT molecular complexity index is 1150. The van der Waals surface area contributed by atoms with Gasteiger partial charge >= 0.3 is 0 Å². The summed E-state index contributed by atoms with van der Waals surface area (Å²) in [6.07, 6.45) is 4.07. The maximum atomic E-state index is 12.7. The lowest BCUT2D eigenvalue weighted by atomic mass is 9.89. The Balaban J connectivity index is 1.36. The van der Waals surface area contributed by atoms with E-state index in [-0.39, 0.29) is 11.8 Å². The molecule has 0 aliphatic carbocycles. The van der Waals surface area contributed by atoms with E-state index < -0.39 is 0 Å². The van der Waals surface area contributed by atoms with Crippen LogP contribution < -0.4 is 20.1 Å². The molecule has 8 nitrogen and oxygen atoms in total. The molecule has 1 aliphatic rings. The van der Waals surface area contributed by atoms with Gasteiger partial charge in [0.15, 0.2) is 0 Å². The number of fused-ring (bicyclic) bond motifs is 1. The van der Waals surface area contributed by atoms with Crippen molar-refractivity contribution in [1.29, 1.82) is 0 Å². The molecule has 1 aromatic heterocycles. The molecule has 3 aromatic rings. The number of rotatable bonds is 7. The average Bonchev–Trinajstić information content (AvgIpc) is 3.22. The highest BCUT2D eigenvalue weighted by molar-refractivity contribution is 5.96. The standard InChI is InChI=1S/C25H30N4O4/c1-16(30)27-18-4-7-24(33-3)23(12-18)28-25(31)15-29-10-8-17(9-11-29)21-14-26-22-6-5-19(32-2)13-20(21)22/h4-7,12-14,17,26H,8-11,15H2,1-3H3,(H,27,30)(H,28,31). The van der Waals surface area contributed by atoms with Crippen molar-refractivity contribution in [2.45, 2.75) is 25.7 Å². The van der Waals surface area contributed by atoms with Crippen LogP contribution in [-0.4, -0.2) is 55.6 Å². The number of hydrogen-bond acceptors (Lipinski definition) is 5. The largest absolute Gasteiger partial charge is 0.497 e. The first-order valence-electron chi connectivity index (χ1n) is 11.1. The third-order valence-corrected chi connectivity index (χ3v) is 6.11. The summed E-state index contributed by atoms with van der Waals surface area (Å²) in [6, 6.07) is 11.3. The monoisotopic (exact) mass is 450 g/mol. The molecule has 0 bridgehead atoms. The number of benzene rings is 2. The van der Waals surface area contributed by atoms with E-state index in [0.29, 0.717) is 29.6 Å². The van der Waals surface area contributed by atoms with Gasteiger partial charge in [-0.3, -0.25) is 14.5 Å².